The topological polar surface area (TPSA) is 36.9 Å². The molecule has 0 amide bonds. The summed E-state index contributed by atoms with van der Waals surface area (Å²) < 4.78 is 6.03. The largest absolute Gasteiger partial charge is 0.370 e. The molecule has 4 nitrogen and oxygen atoms in total. The van der Waals surface area contributed by atoms with Crippen molar-refractivity contribution in [1.82, 2.24) is 10.2 Å². The molecule has 6 heteroatoms. The predicted molar refractivity (Wildman–Crippen MR) is 116 cm³/mol. The van der Waals surface area contributed by atoms with E-state index in [-0.39, 0.29) is 30.1 Å². The van der Waals surface area contributed by atoms with Crippen molar-refractivity contribution in [2.45, 2.75) is 26.5 Å². The highest BCUT2D eigenvalue weighted by atomic mass is 127. The van der Waals surface area contributed by atoms with Crippen LogP contribution in [0.25, 0.3) is 0 Å². The monoisotopic (exact) mass is 471 g/mol. The van der Waals surface area contributed by atoms with Crippen molar-refractivity contribution >= 4 is 41.3 Å². The minimum Gasteiger partial charge on any atom is -0.370 e. The average Bonchev–Trinajstić information content (AvgIpc) is 3.13. The zero-order valence-corrected chi connectivity index (χ0v) is 17.9. The SMILES string of the molecule is CCNC(=NCc1ccsc1)N1CCOC(c2ccccc2C)C1.I. The van der Waals surface area contributed by atoms with Crippen LogP contribution in [0, 0.1) is 6.92 Å². The smallest absolute Gasteiger partial charge is 0.194 e. The molecular formula is C19H26IN3OS. The molecule has 1 aliphatic heterocycles. The summed E-state index contributed by atoms with van der Waals surface area (Å²) in [4.78, 5) is 7.13. The Labute approximate surface area is 171 Å². The third kappa shape index (κ3) is 5.43. The van der Waals surface area contributed by atoms with Crippen molar-refractivity contribution in [2.24, 2.45) is 4.99 Å². The van der Waals surface area contributed by atoms with Gasteiger partial charge in [-0.15, -0.1) is 24.0 Å². The van der Waals surface area contributed by atoms with Gasteiger partial charge in [-0.05, 0) is 47.4 Å². The number of hydrogen-bond acceptors (Lipinski definition) is 3. The highest BCUT2D eigenvalue weighted by Gasteiger charge is 2.25. The molecular weight excluding hydrogens is 445 g/mol. The van der Waals surface area contributed by atoms with Gasteiger partial charge in [0.15, 0.2) is 5.96 Å². The maximum absolute atomic E-state index is 6.03. The minimum absolute atomic E-state index is 0. The van der Waals surface area contributed by atoms with Gasteiger partial charge in [0.1, 0.15) is 6.10 Å². The Kier molecular flexibility index (Phi) is 8.18. The molecule has 1 aromatic carbocycles. The lowest BCUT2D eigenvalue weighted by Gasteiger charge is -2.35. The number of thiophene rings is 1. The molecule has 1 N–H and O–H groups in total. The van der Waals surface area contributed by atoms with Gasteiger partial charge in [-0.1, -0.05) is 24.3 Å². The third-order valence-electron chi connectivity index (χ3n) is 4.23. The highest BCUT2D eigenvalue weighted by Crippen LogP contribution is 2.25. The summed E-state index contributed by atoms with van der Waals surface area (Å²) in [5.41, 5.74) is 3.82. The Balaban J connectivity index is 0.00000225. The van der Waals surface area contributed by atoms with Crippen molar-refractivity contribution in [2.75, 3.05) is 26.2 Å². The molecule has 0 spiro atoms. The molecule has 1 fully saturated rings. The Hall–Kier alpha value is -1.12. The Morgan fingerprint density at radius 2 is 2.20 bits per heavy atom. The quantitative estimate of drug-likeness (QED) is 0.413. The van der Waals surface area contributed by atoms with Crippen molar-refractivity contribution in [1.29, 1.82) is 0 Å². The van der Waals surface area contributed by atoms with Crippen LogP contribution in [0.3, 0.4) is 0 Å². The molecule has 1 saturated heterocycles. The summed E-state index contributed by atoms with van der Waals surface area (Å²) in [5.74, 6) is 0.977. The maximum Gasteiger partial charge on any atom is 0.194 e. The van der Waals surface area contributed by atoms with E-state index in [1.54, 1.807) is 11.3 Å². The molecule has 0 bridgehead atoms. The van der Waals surface area contributed by atoms with Gasteiger partial charge in [-0.3, -0.25) is 0 Å². The van der Waals surface area contributed by atoms with Gasteiger partial charge in [0.25, 0.3) is 0 Å². The Morgan fingerprint density at radius 3 is 2.92 bits per heavy atom. The van der Waals surface area contributed by atoms with Crippen LogP contribution < -0.4 is 5.32 Å². The molecule has 25 heavy (non-hydrogen) atoms. The molecule has 2 aromatic rings. The number of rotatable bonds is 4. The molecule has 1 atom stereocenters. The lowest BCUT2D eigenvalue weighted by molar-refractivity contribution is -0.00834. The van der Waals surface area contributed by atoms with Gasteiger partial charge in [0, 0.05) is 13.1 Å². The first kappa shape index (κ1) is 20.2. The number of hydrogen-bond donors (Lipinski definition) is 1. The number of guanidine groups is 1. The maximum atomic E-state index is 6.03. The van der Waals surface area contributed by atoms with Crippen LogP contribution in [0.4, 0.5) is 0 Å². The molecule has 1 aliphatic rings. The normalized spacial score (nSPS) is 17.9. The predicted octanol–water partition coefficient (Wildman–Crippen LogP) is 4.21. The van der Waals surface area contributed by atoms with Crippen molar-refractivity contribution in [3.8, 4) is 0 Å². The number of aryl methyl sites for hydroxylation is 1. The number of ether oxygens (including phenoxy) is 1. The van der Waals surface area contributed by atoms with Gasteiger partial charge >= 0.3 is 0 Å². The lowest BCUT2D eigenvalue weighted by atomic mass is 10.0. The summed E-state index contributed by atoms with van der Waals surface area (Å²) in [6.07, 6.45) is 0.102. The third-order valence-corrected chi connectivity index (χ3v) is 4.96. The van der Waals surface area contributed by atoms with Crippen LogP contribution in [0.1, 0.15) is 29.7 Å². The molecule has 0 saturated carbocycles. The molecule has 1 aromatic heterocycles. The molecule has 3 rings (SSSR count). The number of aliphatic imine (C=N–C) groups is 1. The summed E-state index contributed by atoms with van der Waals surface area (Å²) in [5, 5.41) is 7.68. The van der Waals surface area contributed by atoms with Gasteiger partial charge < -0.3 is 15.0 Å². The number of halogens is 1. The van der Waals surface area contributed by atoms with E-state index in [4.69, 9.17) is 9.73 Å². The summed E-state index contributed by atoms with van der Waals surface area (Å²) >= 11 is 1.72. The molecule has 0 aliphatic carbocycles. The van der Waals surface area contributed by atoms with Crippen molar-refractivity contribution in [3.05, 3.63) is 57.8 Å². The van der Waals surface area contributed by atoms with Crippen LogP contribution in [0.5, 0.6) is 0 Å². The molecule has 136 valence electrons. The zero-order chi connectivity index (χ0) is 16.8. The zero-order valence-electron chi connectivity index (χ0n) is 14.8. The molecule has 1 unspecified atom stereocenters. The summed E-state index contributed by atoms with van der Waals surface area (Å²) in [6.45, 7) is 8.28. The summed E-state index contributed by atoms with van der Waals surface area (Å²) in [7, 11) is 0. The Morgan fingerprint density at radius 1 is 1.36 bits per heavy atom. The fraction of sp³-hybridized carbons (Fsp3) is 0.421. The molecule has 0 radical (unpaired) electrons. The minimum atomic E-state index is 0. The fourth-order valence-electron chi connectivity index (χ4n) is 2.95. The van der Waals surface area contributed by atoms with E-state index >= 15 is 0 Å². The number of nitrogens with zero attached hydrogens (tertiary/aromatic N) is 2. The van der Waals surface area contributed by atoms with Crippen LogP contribution >= 0.6 is 35.3 Å². The summed E-state index contributed by atoms with van der Waals surface area (Å²) in [6, 6.07) is 10.6. The van der Waals surface area contributed by atoms with Crippen LogP contribution in [0.15, 0.2) is 46.1 Å². The van der Waals surface area contributed by atoms with Crippen LogP contribution in [-0.2, 0) is 11.3 Å². The average molecular weight is 471 g/mol. The first-order valence-corrected chi connectivity index (χ1v) is 9.43. The van der Waals surface area contributed by atoms with E-state index in [1.807, 2.05) is 0 Å². The van der Waals surface area contributed by atoms with E-state index in [0.717, 1.165) is 38.7 Å². The van der Waals surface area contributed by atoms with Gasteiger partial charge in [0.2, 0.25) is 0 Å². The van der Waals surface area contributed by atoms with E-state index in [9.17, 15) is 0 Å². The first-order valence-electron chi connectivity index (χ1n) is 8.49. The standard InChI is InChI=1S/C19H25N3OS.HI/c1-3-20-19(21-12-16-8-11-24-14-16)22-9-10-23-18(13-22)17-7-5-4-6-15(17)2;/h4-8,11,14,18H,3,9-10,12-13H2,1-2H3,(H,20,21);1H. The molecule has 2 heterocycles. The second kappa shape index (κ2) is 10.1. The number of benzene rings is 1. The number of morpholine rings is 1. The first-order chi connectivity index (χ1) is 11.8. The number of nitrogens with one attached hydrogen (secondary N) is 1. The fourth-order valence-corrected chi connectivity index (χ4v) is 3.61. The van der Waals surface area contributed by atoms with E-state index < -0.39 is 0 Å². The van der Waals surface area contributed by atoms with Crippen molar-refractivity contribution in [3.63, 3.8) is 0 Å². The second-order valence-electron chi connectivity index (χ2n) is 5.96. The van der Waals surface area contributed by atoms with Gasteiger partial charge in [-0.25, -0.2) is 4.99 Å². The van der Waals surface area contributed by atoms with E-state index in [2.05, 4.69) is 65.2 Å². The van der Waals surface area contributed by atoms with Crippen molar-refractivity contribution < 1.29 is 4.74 Å². The van der Waals surface area contributed by atoms with E-state index in [1.165, 1.54) is 16.7 Å². The second-order valence-corrected chi connectivity index (χ2v) is 6.74. The highest BCUT2D eigenvalue weighted by molar-refractivity contribution is 14.0. The van der Waals surface area contributed by atoms with Crippen LogP contribution in [0.2, 0.25) is 0 Å². The van der Waals surface area contributed by atoms with Crippen LogP contribution in [-0.4, -0.2) is 37.1 Å². The lowest BCUT2D eigenvalue weighted by Crippen LogP contribution is -2.48. The van der Waals surface area contributed by atoms with E-state index in [0.29, 0.717) is 0 Å². The van der Waals surface area contributed by atoms with Gasteiger partial charge in [-0.2, -0.15) is 11.3 Å². The van der Waals surface area contributed by atoms with Gasteiger partial charge in [0.05, 0.1) is 19.7 Å². The Bertz CT molecular complexity index is 675.